The van der Waals surface area contributed by atoms with Gasteiger partial charge in [0.1, 0.15) is 0 Å². The third-order valence-electron chi connectivity index (χ3n) is 2.96. The largest absolute Gasteiger partial charge is 0.382 e. The molecular formula is C14H10BrClN4. The molecule has 0 saturated carbocycles. The Morgan fingerprint density at radius 1 is 1.15 bits per heavy atom. The van der Waals surface area contributed by atoms with Crippen molar-refractivity contribution in [3.63, 3.8) is 0 Å². The fraction of sp³-hybridized carbons (Fsp3) is 0. The fourth-order valence-corrected chi connectivity index (χ4v) is 2.82. The van der Waals surface area contributed by atoms with E-state index in [0.717, 1.165) is 26.9 Å². The summed E-state index contributed by atoms with van der Waals surface area (Å²) < 4.78 is 0.921. The van der Waals surface area contributed by atoms with Crippen LogP contribution < -0.4 is 5.73 Å². The molecule has 100 valence electrons. The second kappa shape index (κ2) is 5.26. The summed E-state index contributed by atoms with van der Waals surface area (Å²) in [6, 6.07) is 9.46. The Hall–Kier alpha value is -1.85. The van der Waals surface area contributed by atoms with E-state index in [4.69, 9.17) is 17.3 Å². The van der Waals surface area contributed by atoms with Gasteiger partial charge in [0.2, 0.25) is 0 Å². The quantitative estimate of drug-likeness (QED) is 0.730. The first-order valence-electron chi connectivity index (χ1n) is 5.86. The van der Waals surface area contributed by atoms with Gasteiger partial charge in [0.15, 0.2) is 5.82 Å². The van der Waals surface area contributed by atoms with Crippen LogP contribution in [0, 0.1) is 0 Å². The number of pyridine rings is 1. The third-order valence-corrected chi connectivity index (χ3v) is 3.77. The highest BCUT2D eigenvalue weighted by molar-refractivity contribution is 9.10. The van der Waals surface area contributed by atoms with Gasteiger partial charge in [0.25, 0.3) is 0 Å². The van der Waals surface area contributed by atoms with Gasteiger partial charge >= 0.3 is 0 Å². The average molecular weight is 350 g/mol. The molecule has 20 heavy (non-hydrogen) atoms. The number of benzene rings is 1. The van der Waals surface area contributed by atoms with Crippen molar-refractivity contribution in [3.05, 3.63) is 52.2 Å². The van der Waals surface area contributed by atoms with Crippen LogP contribution in [-0.2, 0) is 0 Å². The number of hydrogen-bond donors (Lipinski definition) is 2. The van der Waals surface area contributed by atoms with Crippen molar-refractivity contribution in [1.29, 1.82) is 0 Å². The molecule has 0 unspecified atom stereocenters. The van der Waals surface area contributed by atoms with E-state index in [1.54, 1.807) is 12.4 Å². The van der Waals surface area contributed by atoms with Crippen molar-refractivity contribution in [2.75, 3.05) is 5.73 Å². The Balaban J connectivity index is 2.21. The predicted molar refractivity (Wildman–Crippen MR) is 84.4 cm³/mol. The number of rotatable bonds is 2. The topological polar surface area (TPSA) is 67.6 Å². The fourth-order valence-electron chi connectivity index (χ4n) is 2.05. The summed E-state index contributed by atoms with van der Waals surface area (Å²) in [5, 5.41) is 7.67. The number of aromatic nitrogens is 3. The van der Waals surface area contributed by atoms with Crippen molar-refractivity contribution >= 4 is 33.3 Å². The van der Waals surface area contributed by atoms with Crippen LogP contribution >= 0.6 is 27.5 Å². The highest BCUT2D eigenvalue weighted by atomic mass is 79.9. The summed E-state index contributed by atoms with van der Waals surface area (Å²) in [5.41, 5.74) is 9.40. The monoisotopic (exact) mass is 348 g/mol. The number of anilines is 1. The van der Waals surface area contributed by atoms with Crippen LogP contribution in [-0.4, -0.2) is 15.2 Å². The molecule has 0 spiro atoms. The van der Waals surface area contributed by atoms with E-state index in [-0.39, 0.29) is 0 Å². The van der Waals surface area contributed by atoms with Crippen molar-refractivity contribution < 1.29 is 0 Å². The van der Waals surface area contributed by atoms with Gasteiger partial charge in [-0.25, -0.2) is 0 Å². The van der Waals surface area contributed by atoms with E-state index < -0.39 is 0 Å². The molecule has 3 N–H and O–H groups in total. The molecule has 2 heterocycles. The van der Waals surface area contributed by atoms with Gasteiger partial charge in [-0.05, 0) is 29.8 Å². The maximum atomic E-state index is 6.30. The van der Waals surface area contributed by atoms with Gasteiger partial charge in [0.05, 0.1) is 16.3 Å². The number of H-pyrrole nitrogens is 1. The van der Waals surface area contributed by atoms with E-state index >= 15 is 0 Å². The minimum atomic E-state index is 0.435. The van der Waals surface area contributed by atoms with Crippen LogP contribution in [0.3, 0.4) is 0 Å². The van der Waals surface area contributed by atoms with Crippen LogP contribution in [0.15, 0.2) is 47.2 Å². The molecule has 0 radical (unpaired) electrons. The van der Waals surface area contributed by atoms with Crippen LogP contribution in [0.25, 0.3) is 22.4 Å². The van der Waals surface area contributed by atoms with Gasteiger partial charge in [-0.15, -0.1) is 0 Å². The molecule has 0 amide bonds. The number of nitrogens with one attached hydrogen (secondary N) is 1. The molecule has 0 atom stereocenters. The standard InChI is InChI=1S/C14H10BrClN4/c15-9-1-2-10(11(16)7-9)13-12(14(17)20-19-13)8-3-5-18-6-4-8/h1-7H,(H3,17,19,20). The second-order valence-corrected chi connectivity index (χ2v) is 5.54. The zero-order valence-electron chi connectivity index (χ0n) is 10.3. The van der Waals surface area contributed by atoms with Crippen LogP contribution in [0.5, 0.6) is 0 Å². The van der Waals surface area contributed by atoms with Crippen molar-refractivity contribution in [2.24, 2.45) is 0 Å². The second-order valence-electron chi connectivity index (χ2n) is 4.22. The minimum absolute atomic E-state index is 0.435. The number of nitrogens with two attached hydrogens (primary N) is 1. The first-order valence-corrected chi connectivity index (χ1v) is 7.03. The average Bonchev–Trinajstić information content (AvgIpc) is 2.81. The highest BCUT2D eigenvalue weighted by Crippen LogP contribution is 2.38. The van der Waals surface area contributed by atoms with Crippen molar-refractivity contribution in [1.82, 2.24) is 15.2 Å². The van der Waals surface area contributed by atoms with Crippen LogP contribution in [0.2, 0.25) is 5.02 Å². The maximum Gasteiger partial charge on any atom is 0.153 e. The molecule has 0 aliphatic rings. The smallest absolute Gasteiger partial charge is 0.153 e. The van der Waals surface area contributed by atoms with Gasteiger partial charge in [-0.1, -0.05) is 33.6 Å². The lowest BCUT2D eigenvalue weighted by molar-refractivity contribution is 1.10. The van der Waals surface area contributed by atoms with Gasteiger partial charge < -0.3 is 5.73 Å². The normalized spacial score (nSPS) is 10.7. The zero-order chi connectivity index (χ0) is 14.1. The van der Waals surface area contributed by atoms with E-state index in [1.807, 2.05) is 30.3 Å². The SMILES string of the molecule is Nc1n[nH]c(-c2ccc(Br)cc2Cl)c1-c1ccncc1. The molecule has 3 rings (SSSR count). The molecule has 0 aliphatic heterocycles. The lowest BCUT2D eigenvalue weighted by atomic mass is 10.0. The first kappa shape index (κ1) is 13.1. The Labute approximate surface area is 129 Å². The Bertz CT molecular complexity index is 755. The van der Waals surface area contributed by atoms with Crippen LogP contribution in [0.1, 0.15) is 0 Å². The summed E-state index contributed by atoms with van der Waals surface area (Å²) in [6.07, 6.45) is 3.43. The number of halogens is 2. The molecule has 4 nitrogen and oxygen atoms in total. The maximum absolute atomic E-state index is 6.30. The van der Waals surface area contributed by atoms with E-state index in [0.29, 0.717) is 10.8 Å². The molecular weight excluding hydrogens is 340 g/mol. The van der Waals surface area contributed by atoms with Gasteiger partial charge in [0, 0.05) is 22.4 Å². The minimum Gasteiger partial charge on any atom is -0.382 e. The van der Waals surface area contributed by atoms with Gasteiger partial charge in [-0.2, -0.15) is 5.10 Å². The molecule has 0 saturated heterocycles. The molecule has 2 aromatic heterocycles. The van der Waals surface area contributed by atoms with Crippen LogP contribution in [0.4, 0.5) is 5.82 Å². The Morgan fingerprint density at radius 3 is 2.60 bits per heavy atom. The highest BCUT2D eigenvalue weighted by Gasteiger charge is 2.16. The predicted octanol–water partition coefficient (Wildman–Crippen LogP) is 4.14. The summed E-state index contributed by atoms with van der Waals surface area (Å²) in [7, 11) is 0. The summed E-state index contributed by atoms with van der Waals surface area (Å²) in [6.45, 7) is 0. The van der Waals surface area contributed by atoms with Crippen molar-refractivity contribution in [3.8, 4) is 22.4 Å². The zero-order valence-corrected chi connectivity index (χ0v) is 12.6. The molecule has 6 heteroatoms. The van der Waals surface area contributed by atoms with E-state index in [2.05, 4.69) is 31.1 Å². The molecule has 0 aliphatic carbocycles. The summed E-state index contributed by atoms with van der Waals surface area (Å²) in [4.78, 5) is 4.01. The third kappa shape index (κ3) is 2.30. The molecule has 3 aromatic rings. The lowest BCUT2D eigenvalue weighted by Gasteiger charge is -2.06. The number of aromatic amines is 1. The lowest BCUT2D eigenvalue weighted by Crippen LogP contribution is -1.89. The summed E-state index contributed by atoms with van der Waals surface area (Å²) >= 11 is 9.70. The van der Waals surface area contributed by atoms with E-state index in [1.165, 1.54) is 0 Å². The number of hydrogen-bond acceptors (Lipinski definition) is 3. The number of nitrogens with zero attached hydrogens (tertiary/aromatic N) is 2. The Kier molecular flexibility index (Phi) is 3.46. The molecule has 0 fully saturated rings. The van der Waals surface area contributed by atoms with E-state index in [9.17, 15) is 0 Å². The van der Waals surface area contributed by atoms with Crippen molar-refractivity contribution in [2.45, 2.75) is 0 Å². The first-order chi connectivity index (χ1) is 9.66. The van der Waals surface area contributed by atoms with Gasteiger partial charge in [-0.3, -0.25) is 10.1 Å². The number of nitrogen functional groups attached to an aromatic ring is 1. The molecule has 1 aromatic carbocycles. The Morgan fingerprint density at radius 2 is 1.90 bits per heavy atom. The molecule has 0 bridgehead atoms. The summed E-state index contributed by atoms with van der Waals surface area (Å²) in [5.74, 6) is 0.435.